The minimum atomic E-state index is -3.55. The molecule has 1 fully saturated rings. The van der Waals surface area contributed by atoms with Gasteiger partial charge in [-0.1, -0.05) is 6.07 Å². The Labute approximate surface area is 143 Å². The molecular formula is C18H22N2O3S. The van der Waals surface area contributed by atoms with Crippen molar-refractivity contribution < 1.29 is 13.2 Å². The SMILES string of the molecule is Cc1ccc(S(=O)(=O)N[C@H]2COC[C@H]2Cc2ccncc2)cc1C. The summed E-state index contributed by atoms with van der Waals surface area (Å²) in [6, 6.07) is 8.89. The summed E-state index contributed by atoms with van der Waals surface area (Å²) >= 11 is 0. The Morgan fingerprint density at radius 3 is 2.58 bits per heavy atom. The Balaban J connectivity index is 1.74. The average Bonchev–Trinajstić information content (AvgIpc) is 2.97. The van der Waals surface area contributed by atoms with Gasteiger partial charge in [0, 0.05) is 18.3 Å². The van der Waals surface area contributed by atoms with Crippen molar-refractivity contribution in [3.8, 4) is 0 Å². The quantitative estimate of drug-likeness (QED) is 0.901. The normalized spacial score (nSPS) is 21.1. The third-order valence-electron chi connectivity index (χ3n) is 4.54. The van der Waals surface area contributed by atoms with Crippen molar-refractivity contribution in [2.75, 3.05) is 13.2 Å². The van der Waals surface area contributed by atoms with Gasteiger partial charge >= 0.3 is 0 Å². The first-order valence-corrected chi connectivity index (χ1v) is 9.50. The van der Waals surface area contributed by atoms with Crippen LogP contribution in [-0.4, -0.2) is 32.7 Å². The second-order valence-electron chi connectivity index (χ2n) is 6.33. The molecule has 1 aromatic carbocycles. The predicted molar refractivity (Wildman–Crippen MR) is 92.3 cm³/mol. The fourth-order valence-electron chi connectivity index (χ4n) is 2.90. The van der Waals surface area contributed by atoms with Gasteiger partial charge in [-0.25, -0.2) is 13.1 Å². The summed E-state index contributed by atoms with van der Waals surface area (Å²) in [5, 5.41) is 0. The first-order chi connectivity index (χ1) is 11.5. The van der Waals surface area contributed by atoms with Gasteiger partial charge in [-0.2, -0.15) is 0 Å². The summed E-state index contributed by atoms with van der Waals surface area (Å²) in [4.78, 5) is 4.32. The van der Waals surface area contributed by atoms with E-state index in [4.69, 9.17) is 4.74 Å². The Morgan fingerprint density at radius 2 is 1.88 bits per heavy atom. The predicted octanol–water partition coefficient (Wildman–Crippen LogP) is 2.23. The highest BCUT2D eigenvalue weighted by Gasteiger charge is 2.32. The molecule has 6 heteroatoms. The first-order valence-electron chi connectivity index (χ1n) is 8.02. The largest absolute Gasteiger partial charge is 0.379 e. The lowest BCUT2D eigenvalue weighted by Gasteiger charge is -2.19. The fraction of sp³-hybridized carbons (Fsp3) is 0.389. The maximum atomic E-state index is 12.7. The number of hydrogen-bond acceptors (Lipinski definition) is 4. The topological polar surface area (TPSA) is 68.3 Å². The molecule has 128 valence electrons. The van der Waals surface area contributed by atoms with Crippen molar-refractivity contribution in [1.29, 1.82) is 0 Å². The molecule has 0 saturated carbocycles. The van der Waals surface area contributed by atoms with Crippen LogP contribution in [0.25, 0.3) is 0 Å². The molecule has 0 unspecified atom stereocenters. The van der Waals surface area contributed by atoms with Crippen molar-refractivity contribution in [3.63, 3.8) is 0 Å². The van der Waals surface area contributed by atoms with E-state index in [-0.39, 0.29) is 12.0 Å². The van der Waals surface area contributed by atoms with Gasteiger partial charge in [0.15, 0.2) is 0 Å². The van der Waals surface area contributed by atoms with Crippen LogP contribution in [0.5, 0.6) is 0 Å². The summed E-state index contributed by atoms with van der Waals surface area (Å²) in [5.41, 5.74) is 3.18. The average molecular weight is 346 g/mol. The smallest absolute Gasteiger partial charge is 0.240 e. The van der Waals surface area contributed by atoms with Gasteiger partial charge in [-0.15, -0.1) is 0 Å². The first kappa shape index (κ1) is 17.1. The Morgan fingerprint density at radius 1 is 1.12 bits per heavy atom. The van der Waals surface area contributed by atoms with Gasteiger partial charge in [0.1, 0.15) is 0 Å². The summed E-state index contributed by atoms with van der Waals surface area (Å²) in [6.45, 7) is 4.84. The maximum absolute atomic E-state index is 12.7. The molecule has 1 aliphatic rings. The Bertz CT molecular complexity index is 806. The minimum absolute atomic E-state index is 0.119. The van der Waals surface area contributed by atoms with Crippen LogP contribution in [0.2, 0.25) is 0 Å². The van der Waals surface area contributed by atoms with Crippen molar-refractivity contribution in [3.05, 3.63) is 59.4 Å². The number of nitrogens with one attached hydrogen (secondary N) is 1. The zero-order valence-electron chi connectivity index (χ0n) is 13.9. The molecule has 2 aromatic rings. The number of rotatable bonds is 5. The highest BCUT2D eigenvalue weighted by molar-refractivity contribution is 7.89. The fourth-order valence-corrected chi connectivity index (χ4v) is 4.27. The van der Waals surface area contributed by atoms with Crippen LogP contribution >= 0.6 is 0 Å². The van der Waals surface area contributed by atoms with E-state index in [2.05, 4.69) is 9.71 Å². The highest BCUT2D eigenvalue weighted by atomic mass is 32.2. The second kappa shape index (κ2) is 7.01. The van der Waals surface area contributed by atoms with Gasteiger partial charge in [0.25, 0.3) is 0 Å². The molecule has 0 bridgehead atoms. The lowest BCUT2D eigenvalue weighted by molar-refractivity contribution is 0.183. The Kier molecular flexibility index (Phi) is 4.99. The van der Waals surface area contributed by atoms with Crippen LogP contribution in [-0.2, 0) is 21.2 Å². The van der Waals surface area contributed by atoms with Gasteiger partial charge in [0.05, 0.1) is 24.2 Å². The monoisotopic (exact) mass is 346 g/mol. The standard InChI is InChI=1S/C18H22N2O3S/c1-13-3-4-17(9-14(13)2)24(21,22)20-18-12-23-11-16(18)10-15-5-7-19-8-6-15/h3-9,16,18,20H,10-12H2,1-2H3/t16-,18+/m1/s1. The number of pyridine rings is 1. The molecule has 2 atom stereocenters. The van der Waals surface area contributed by atoms with E-state index < -0.39 is 10.0 Å². The molecule has 1 N–H and O–H groups in total. The van der Waals surface area contributed by atoms with Crippen molar-refractivity contribution in [2.24, 2.45) is 5.92 Å². The van der Waals surface area contributed by atoms with Gasteiger partial charge < -0.3 is 4.74 Å². The summed E-state index contributed by atoms with van der Waals surface area (Å²) in [5.74, 6) is 0.119. The minimum Gasteiger partial charge on any atom is -0.379 e. The summed E-state index contributed by atoms with van der Waals surface area (Å²) in [7, 11) is -3.55. The zero-order chi connectivity index (χ0) is 17.2. The van der Waals surface area contributed by atoms with E-state index in [1.165, 1.54) is 0 Å². The molecule has 3 rings (SSSR count). The van der Waals surface area contributed by atoms with E-state index in [1.807, 2.05) is 32.0 Å². The zero-order valence-corrected chi connectivity index (χ0v) is 14.7. The molecule has 1 aromatic heterocycles. The second-order valence-corrected chi connectivity index (χ2v) is 8.04. The number of ether oxygens (including phenoxy) is 1. The van der Waals surface area contributed by atoms with Crippen molar-refractivity contribution in [2.45, 2.75) is 31.2 Å². The van der Waals surface area contributed by atoms with E-state index >= 15 is 0 Å². The van der Waals surface area contributed by atoms with Crippen LogP contribution in [0.1, 0.15) is 16.7 Å². The molecular weight excluding hydrogens is 324 g/mol. The molecule has 1 saturated heterocycles. The molecule has 2 heterocycles. The van der Waals surface area contributed by atoms with Crippen molar-refractivity contribution >= 4 is 10.0 Å². The third kappa shape index (κ3) is 3.83. The van der Waals surface area contributed by atoms with Gasteiger partial charge in [-0.3, -0.25) is 4.98 Å². The molecule has 0 spiro atoms. The maximum Gasteiger partial charge on any atom is 0.240 e. The number of nitrogens with zero attached hydrogens (tertiary/aromatic N) is 1. The summed E-state index contributed by atoms with van der Waals surface area (Å²) < 4.78 is 33.7. The highest BCUT2D eigenvalue weighted by Crippen LogP contribution is 2.22. The van der Waals surface area contributed by atoms with E-state index in [9.17, 15) is 8.42 Å². The number of sulfonamides is 1. The van der Waals surface area contributed by atoms with Crippen molar-refractivity contribution in [1.82, 2.24) is 9.71 Å². The number of benzene rings is 1. The molecule has 0 radical (unpaired) electrons. The van der Waals surface area contributed by atoms with E-state index in [1.54, 1.807) is 24.5 Å². The number of aromatic nitrogens is 1. The number of hydrogen-bond donors (Lipinski definition) is 1. The van der Waals surface area contributed by atoms with E-state index in [0.717, 1.165) is 23.1 Å². The summed E-state index contributed by atoms with van der Waals surface area (Å²) in [6.07, 6.45) is 4.27. The van der Waals surface area contributed by atoms with Crippen LogP contribution in [0.4, 0.5) is 0 Å². The lowest BCUT2D eigenvalue weighted by Crippen LogP contribution is -2.40. The van der Waals surface area contributed by atoms with Gasteiger partial charge in [-0.05, 0) is 61.2 Å². The van der Waals surface area contributed by atoms with E-state index in [0.29, 0.717) is 18.1 Å². The third-order valence-corrected chi connectivity index (χ3v) is 6.03. The van der Waals surface area contributed by atoms with Crippen LogP contribution in [0, 0.1) is 19.8 Å². The molecule has 0 aliphatic carbocycles. The Hall–Kier alpha value is -1.76. The lowest BCUT2D eigenvalue weighted by atomic mass is 9.96. The molecule has 0 amide bonds. The van der Waals surface area contributed by atoms with Gasteiger partial charge in [0.2, 0.25) is 10.0 Å². The molecule has 1 aliphatic heterocycles. The molecule has 24 heavy (non-hydrogen) atoms. The molecule has 5 nitrogen and oxygen atoms in total. The van der Waals surface area contributed by atoms with Crippen LogP contribution in [0.3, 0.4) is 0 Å². The van der Waals surface area contributed by atoms with Crippen LogP contribution < -0.4 is 4.72 Å². The number of aryl methyl sites for hydroxylation is 2. The van der Waals surface area contributed by atoms with Crippen LogP contribution in [0.15, 0.2) is 47.6 Å².